The first-order chi connectivity index (χ1) is 8.83. The summed E-state index contributed by atoms with van der Waals surface area (Å²) < 4.78 is 6.62. The molecule has 0 fully saturated rings. The molecule has 0 aliphatic carbocycles. The van der Waals surface area contributed by atoms with Crippen molar-refractivity contribution in [1.29, 1.82) is 0 Å². The lowest BCUT2D eigenvalue weighted by molar-refractivity contribution is 0.420. The highest BCUT2D eigenvalue weighted by molar-refractivity contribution is 7.22. The van der Waals surface area contributed by atoms with Gasteiger partial charge in [-0.3, -0.25) is 0 Å². The van der Waals surface area contributed by atoms with Gasteiger partial charge in [-0.1, -0.05) is 35.6 Å². The molecule has 1 heterocycles. The number of ether oxygens (including phenoxy) is 1. The van der Waals surface area contributed by atoms with E-state index in [1.165, 1.54) is 0 Å². The minimum atomic E-state index is 0.884. The van der Waals surface area contributed by atoms with Crippen LogP contribution in [0.15, 0.2) is 30.3 Å². The average Bonchev–Trinajstić information content (AvgIpc) is 2.81. The molecule has 0 amide bonds. The summed E-state index contributed by atoms with van der Waals surface area (Å²) in [4.78, 5) is 4.66. The summed E-state index contributed by atoms with van der Waals surface area (Å²) in [5, 5.41) is 6.49. The Labute approximate surface area is 109 Å². The van der Waals surface area contributed by atoms with Crippen LogP contribution in [0.5, 0.6) is 5.75 Å². The number of hydrogen-bond donors (Lipinski definition) is 1. The van der Waals surface area contributed by atoms with Crippen LogP contribution < -0.4 is 10.1 Å². The zero-order chi connectivity index (χ0) is 12.5. The zero-order valence-corrected chi connectivity index (χ0v) is 11.2. The topological polar surface area (TPSA) is 34.2 Å². The second-order valence-corrected chi connectivity index (χ2v) is 5.05. The summed E-state index contributed by atoms with van der Waals surface area (Å²) in [6.45, 7) is 2.96. The monoisotopic (exact) mass is 258 g/mol. The Kier molecular flexibility index (Phi) is 2.80. The summed E-state index contributed by atoms with van der Waals surface area (Å²) in [6, 6.07) is 10.3. The summed E-state index contributed by atoms with van der Waals surface area (Å²) in [5.74, 6) is 0.907. The Hall–Kier alpha value is -1.81. The highest BCUT2D eigenvalue weighted by Crippen LogP contribution is 2.37. The number of nitrogens with zero attached hydrogens (tertiary/aromatic N) is 1. The molecule has 0 unspecified atom stereocenters. The van der Waals surface area contributed by atoms with E-state index in [0.29, 0.717) is 0 Å². The number of rotatable bonds is 3. The van der Waals surface area contributed by atoms with E-state index in [1.54, 1.807) is 18.4 Å². The van der Waals surface area contributed by atoms with Crippen LogP contribution in [0, 0.1) is 0 Å². The lowest BCUT2D eigenvalue weighted by Crippen LogP contribution is -1.94. The summed E-state index contributed by atoms with van der Waals surface area (Å²) in [7, 11) is 1.71. The van der Waals surface area contributed by atoms with Crippen molar-refractivity contribution in [2.45, 2.75) is 6.92 Å². The first-order valence-corrected chi connectivity index (χ1v) is 6.75. The van der Waals surface area contributed by atoms with E-state index in [0.717, 1.165) is 38.4 Å². The molecule has 3 rings (SSSR count). The van der Waals surface area contributed by atoms with Crippen LogP contribution in [0.1, 0.15) is 6.92 Å². The maximum Gasteiger partial charge on any atom is 0.183 e. The van der Waals surface area contributed by atoms with Crippen molar-refractivity contribution in [2.75, 3.05) is 19.0 Å². The molecule has 0 radical (unpaired) electrons. The quantitative estimate of drug-likeness (QED) is 0.774. The predicted molar refractivity (Wildman–Crippen MR) is 77.8 cm³/mol. The summed E-state index contributed by atoms with van der Waals surface area (Å²) in [5.41, 5.74) is 1.05. The lowest BCUT2D eigenvalue weighted by Gasteiger charge is -2.05. The van der Waals surface area contributed by atoms with Crippen LogP contribution in [0.2, 0.25) is 0 Å². The molecule has 2 aromatic carbocycles. The molecule has 0 saturated carbocycles. The molecule has 0 bridgehead atoms. The minimum Gasteiger partial charge on any atom is -0.496 e. The standard InChI is InChI=1S/C14H14N2OS/c1-3-15-14-16-13-10-7-5-4-6-9(10)11(17-2)8-12(13)18-14/h4-8H,3H2,1-2H3,(H,15,16). The molecule has 0 atom stereocenters. The van der Waals surface area contributed by atoms with Gasteiger partial charge in [0.15, 0.2) is 5.13 Å². The second-order valence-electron chi connectivity index (χ2n) is 4.02. The predicted octanol–water partition coefficient (Wildman–Crippen LogP) is 3.89. The molecule has 0 saturated heterocycles. The van der Waals surface area contributed by atoms with Gasteiger partial charge in [-0.25, -0.2) is 4.98 Å². The van der Waals surface area contributed by atoms with E-state index in [2.05, 4.69) is 35.4 Å². The third kappa shape index (κ3) is 1.69. The molecular formula is C14H14N2OS. The van der Waals surface area contributed by atoms with Gasteiger partial charge in [0, 0.05) is 23.4 Å². The Bertz CT molecular complexity index is 705. The number of methoxy groups -OCH3 is 1. The first kappa shape index (κ1) is 11.3. The van der Waals surface area contributed by atoms with Crippen LogP contribution >= 0.6 is 11.3 Å². The Morgan fingerprint density at radius 1 is 1.28 bits per heavy atom. The van der Waals surface area contributed by atoms with E-state index in [1.807, 2.05) is 12.1 Å². The van der Waals surface area contributed by atoms with E-state index in [9.17, 15) is 0 Å². The molecule has 1 N–H and O–H groups in total. The third-order valence-electron chi connectivity index (χ3n) is 2.91. The van der Waals surface area contributed by atoms with Gasteiger partial charge in [0.2, 0.25) is 0 Å². The van der Waals surface area contributed by atoms with Gasteiger partial charge in [0.05, 0.1) is 17.3 Å². The lowest BCUT2D eigenvalue weighted by atomic mass is 10.1. The van der Waals surface area contributed by atoms with Gasteiger partial charge in [0.25, 0.3) is 0 Å². The average molecular weight is 258 g/mol. The van der Waals surface area contributed by atoms with Crippen molar-refractivity contribution in [3.63, 3.8) is 0 Å². The Morgan fingerprint density at radius 2 is 2.06 bits per heavy atom. The van der Waals surface area contributed by atoms with Crippen LogP contribution in [-0.4, -0.2) is 18.6 Å². The van der Waals surface area contributed by atoms with Crippen LogP contribution in [0.3, 0.4) is 0 Å². The maximum absolute atomic E-state index is 5.46. The molecular weight excluding hydrogens is 244 g/mol. The highest BCUT2D eigenvalue weighted by atomic mass is 32.1. The van der Waals surface area contributed by atoms with Gasteiger partial charge in [-0.2, -0.15) is 0 Å². The molecule has 0 aliphatic heterocycles. The Balaban J connectivity index is 2.36. The van der Waals surface area contributed by atoms with Crippen molar-refractivity contribution >= 4 is 37.5 Å². The van der Waals surface area contributed by atoms with Crippen LogP contribution in [0.25, 0.3) is 21.0 Å². The van der Waals surface area contributed by atoms with E-state index in [-0.39, 0.29) is 0 Å². The normalized spacial score (nSPS) is 11.0. The van der Waals surface area contributed by atoms with Crippen molar-refractivity contribution in [1.82, 2.24) is 4.98 Å². The van der Waals surface area contributed by atoms with Crippen LogP contribution in [0.4, 0.5) is 5.13 Å². The number of benzene rings is 2. The SMILES string of the molecule is CCNc1nc2c(cc(OC)c3ccccc32)s1. The zero-order valence-electron chi connectivity index (χ0n) is 10.4. The molecule has 3 aromatic rings. The molecule has 92 valence electrons. The van der Waals surface area contributed by atoms with Gasteiger partial charge in [0.1, 0.15) is 5.75 Å². The molecule has 0 spiro atoms. The van der Waals surface area contributed by atoms with Crippen molar-refractivity contribution in [3.8, 4) is 5.75 Å². The number of aromatic nitrogens is 1. The molecule has 1 aromatic heterocycles. The second kappa shape index (κ2) is 4.46. The van der Waals surface area contributed by atoms with Crippen molar-refractivity contribution < 1.29 is 4.74 Å². The molecule has 0 aliphatic rings. The number of nitrogens with one attached hydrogen (secondary N) is 1. The number of hydrogen-bond acceptors (Lipinski definition) is 4. The fraction of sp³-hybridized carbons (Fsp3) is 0.214. The van der Waals surface area contributed by atoms with Crippen molar-refractivity contribution in [2.24, 2.45) is 0 Å². The fourth-order valence-corrected chi connectivity index (χ4v) is 3.10. The van der Waals surface area contributed by atoms with Gasteiger partial charge < -0.3 is 10.1 Å². The van der Waals surface area contributed by atoms with Gasteiger partial charge in [-0.15, -0.1) is 0 Å². The summed E-state index contributed by atoms with van der Waals surface area (Å²) >= 11 is 1.66. The van der Waals surface area contributed by atoms with E-state index >= 15 is 0 Å². The first-order valence-electron chi connectivity index (χ1n) is 5.93. The largest absolute Gasteiger partial charge is 0.496 e. The smallest absolute Gasteiger partial charge is 0.183 e. The molecule has 18 heavy (non-hydrogen) atoms. The van der Waals surface area contributed by atoms with E-state index in [4.69, 9.17) is 4.74 Å². The minimum absolute atomic E-state index is 0.884. The highest BCUT2D eigenvalue weighted by Gasteiger charge is 2.11. The fourth-order valence-electron chi connectivity index (χ4n) is 2.12. The number of thiazole rings is 1. The number of fused-ring (bicyclic) bond motifs is 3. The van der Waals surface area contributed by atoms with Crippen LogP contribution in [-0.2, 0) is 0 Å². The van der Waals surface area contributed by atoms with Gasteiger partial charge >= 0.3 is 0 Å². The summed E-state index contributed by atoms with van der Waals surface area (Å²) in [6.07, 6.45) is 0. The van der Waals surface area contributed by atoms with Crippen molar-refractivity contribution in [3.05, 3.63) is 30.3 Å². The molecule has 4 heteroatoms. The van der Waals surface area contributed by atoms with Gasteiger partial charge in [-0.05, 0) is 6.92 Å². The molecule has 3 nitrogen and oxygen atoms in total. The van der Waals surface area contributed by atoms with E-state index < -0.39 is 0 Å². The maximum atomic E-state index is 5.46. The third-order valence-corrected chi connectivity index (χ3v) is 3.87. The Morgan fingerprint density at radius 3 is 2.78 bits per heavy atom. The number of anilines is 1.